The number of rotatable bonds is 2. The largest absolute Gasteiger partial charge is 0.279 e. The molecular weight excluding hydrogens is 90.1 g/mol. The molecule has 1 unspecified atom stereocenters. The second-order valence-corrected chi connectivity index (χ2v) is 2.32. The van der Waals surface area contributed by atoms with Crippen LogP contribution in [0.5, 0.6) is 0 Å². The van der Waals surface area contributed by atoms with Crippen molar-refractivity contribution in [2.45, 2.75) is 13.8 Å². The predicted molar refractivity (Wildman–Crippen MR) is 27.5 cm³/mol. The maximum Gasteiger partial charge on any atom is 0.144 e. The summed E-state index contributed by atoms with van der Waals surface area (Å²) in [5.41, 5.74) is 0. The van der Waals surface area contributed by atoms with Crippen LogP contribution in [0.3, 0.4) is 0 Å². The summed E-state index contributed by atoms with van der Waals surface area (Å²) < 4.78 is 0. The van der Waals surface area contributed by atoms with Crippen molar-refractivity contribution < 1.29 is 4.84 Å². The van der Waals surface area contributed by atoms with Crippen molar-refractivity contribution in [3.8, 4) is 0 Å². The maximum atomic E-state index is 4.85. The summed E-state index contributed by atoms with van der Waals surface area (Å²) >= 11 is 0. The van der Waals surface area contributed by atoms with Gasteiger partial charge >= 0.3 is 0 Å². The summed E-state index contributed by atoms with van der Waals surface area (Å²) in [6.07, 6.45) is 0. The normalized spacial score (nSPS) is 28.7. The van der Waals surface area contributed by atoms with Gasteiger partial charge in [-0.1, -0.05) is 13.8 Å². The molecule has 1 aliphatic rings. The van der Waals surface area contributed by atoms with Crippen LogP contribution >= 0.6 is 0 Å². The van der Waals surface area contributed by atoms with Gasteiger partial charge in [0, 0.05) is 6.54 Å². The molecule has 7 heavy (non-hydrogen) atoms. The fourth-order valence-corrected chi connectivity index (χ4v) is 0.554. The molecular formula is C5H11NO. The number of hydroxylamine groups is 2. The zero-order valence-corrected chi connectivity index (χ0v) is 4.85. The van der Waals surface area contributed by atoms with E-state index in [9.17, 15) is 0 Å². The highest BCUT2D eigenvalue weighted by Crippen LogP contribution is 2.08. The molecule has 2 heteroatoms. The monoisotopic (exact) mass is 101 g/mol. The van der Waals surface area contributed by atoms with Crippen LogP contribution in [0.4, 0.5) is 0 Å². The molecule has 0 N–H and O–H groups in total. The van der Waals surface area contributed by atoms with Crippen LogP contribution in [0.2, 0.25) is 0 Å². The van der Waals surface area contributed by atoms with Crippen molar-refractivity contribution in [3.63, 3.8) is 0 Å². The molecule has 1 saturated heterocycles. The maximum absolute atomic E-state index is 4.85. The molecule has 0 aliphatic carbocycles. The minimum absolute atomic E-state index is 0.738. The average molecular weight is 101 g/mol. The van der Waals surface area contributed by atoms with E-state index in [1.807, 2.05) is 5.06 Å². The minimum Gasteiger partial charge on any atom is -0.279 e. The van der Waals surface area contributed by atoms with E-state index in [0.29, 0.717) is 0 Å². The molecule has 0 saturated carbocycles. The van der Waals surface area contributed by atoms with Crippen LogP contribution in [0.15, 0.2) is 0 Å². The SMILES string of the molecule is CC(C)CN1CO1. The van der Waals surface area contributed by atoms with Crippen molar-refractivity contribution in [2.75, 3.05) is 13.3 Å². The van der Waals surface area contributed by atoms with Gasteiger partial charge in [0.15, 0.2) is 0 Å². The van der Waals surface area contributed by atoms with Crippen LogP contribution in [0.1, 0.15) is 13.8 Å². The second kappa shape index (κ2) is 1.80. The molecule has 0 aromatic rings. The molecule has 1 fully saturated rings. The van der Waals surface area contributed by atoms with E-state index < -0.39 is 0 Å². The lowest BCUT2D eigenvalue weighted by atomic mass is 10.2. The van der Waals surface area contributed by atoms with Crippen molar-refractivity contribution in [2.24, 2.45) is 5.92 Å². The van der Waals surface area contributed by atoms with Gasteiger partial charge < -0.3 is 0 Å². The third-order valence-corrected chi connectivity index (χ3v) is 0.880. The topological polar surface area (TPSA) is 15.5 Å². The molecule has 0 amide bonds. The van der Waals surface area contributed by atoms with Gasteiger partial charge in [0.25, 0.3) is 0 Å². The molecule has 0 aromatic heterocycles. The van der Waals surface area contributed by atoms with E-state index >= 15 is 0 Å². The Kier molecular flexibility index (Phi) is 1.30. The van der Waals surface area contributed by atoms with Gasteiger partial charge in [-0.05, 0) is 5.92 Å². The van der Waals surface area contributed by atoms with E-state index in [2.05, 4.69) is 13.8 Å². The number of hydrogen-bond acceptors (Lipinski definition) is 2. The van der Waals surface area contributed by atoms with Crippen molar-refractivity contribution >= 4 is 0 Å². The number of hydrogen-bond donors (Lipinski definition) is 0. The van der Waals surface area contributed by atoms with Gasteiger partial charge in [-0.3, -0.25) is 4.84 Å². The van der Waals surface area contributed by atoms with Crippen LogP contribution in [-0.4, -0.2) is 18.3 Å². The van der Waals surface area contributed by atoms with E-state index in [-0.39, 0.29) is 0 Å². The fraction of sp³-hybridized carbons (Fsp3) is 1.00. The Hall–Kier alpha value is -0.0800. The molecule has 1 heterocycles. The summed E-state index contributed by atoms with van der Waals surface area (Å²) in [7, 11) is 0. The Morgan fingerprint density at radius 1 is 1.71 bits per heavy atom. The van der Waals surface area contributed by atoms with E-state index in [4.69, 9.17) is 4.84 Å². The van der Waals surface area contributed by atoms with Crippen LogP contribution in [0, 0.1) is 5.92 Å². The van der Waals surface area contributed by atoms with Crippen molar-refractivity contribution in [1.29, 1.82) is 0 Å². The molecule has 0 radical (unpaired) electrons. The lowest BCUT2D eigenvalue weighted by molar-refractivity contribution is 0.183. The van der Waals surface area contributed by atoms with Crippen LogP contribution < -0.4 is 0 Å². The van der Waals surface area contributed by atoms with Gasteiger partial charge in [0.2, 0.25) is 0 Å². The molecule has 0 bridgehead atoms. The standard InChI is InChI=1S/C5H11NO/c1-5(2)3-6-4-7-6/h5H,3-4H2,1-2H3. The third kappa shape index (κ3) is 1.90. The number of nitrogens with zero attached hydrogens (tertiary/aromatic N) is 1. The first kappa shape index (κ1) is 5.06. The van der Waals surface area contributed by atoms with Crippen molar-refractivity contribution in [3.05, 3.63) is 0 Å². The first-order chi connectivity index (χ1) is 3.29. The Labute approximate surface area is 44.0 Å². The summed E-state index contributed by atoms with van der Waals surface area (Å²) in [5, 5.41) is 1.95. The molecule has 1 rings (SSSR count). The Bertz CT molecular complexity index is 59.1. The van der Waals surface area contributed by atoms with E-state index in [0.717, 1.165) is 19.2 Å². The second-order valence-electron chi connectivity index (χ2n) is 2.32. The summed E-state index contributed by atoms with van der Waals surface area (Å²) in [5.74, 6) is 0.738. The molecule has 1 aliphatic heterocycles. The summed E-state index contributed by atoms with van der Waals surface area (Å²) in [6, 6.07) is 0. The molecule has 0 aromatic carbocycles. The first-order valence-electron chi connectivity index (χ1n) is 2.67. The fourth-order valence-electron chi connectivity index (χ4n) is 0.554. The molecule has 1 atom stereocenters. The summed E-state index contributed by atoms with van der Waals surface area (Å²) in [6.45, 7) is 6.29. The van der Waals surface area contributed by atoms with Crippen LogP contribution in [0.25, 0.3) is 0 Å². The Balaban J connectivity index is 1.97. The molecule has 0 spiro atoms. The first-order valence-corrected chi connectivity index (χ1v) is 2.67. The highest BCUT2D eigenvalue weighted by molar-refractivity contribution is 4.51. The van der Waals surface area contributed by atoms with Crippen LogP contribution in [-0.2, 0) is 4.84 Å². The quantitative estimate of drug-likeness (QED) is 0.479. The lowest BCUT2D eigenvalue weighted by Gasteiger charge is -1.98. The smallest absolute Gasteiger partial charge is 0.144 e. The Morgan fingerprint density at radius 3 is 2.43 bits per heavy atom. The third-order valence-electron chi connectivity index (χ3n) is 0.880. The zero-order valence-electron chi connectivity index (χ0n) is 4.85. The van der Waals surface area contributed by atoms with Crippen molar-refractivity contribution in [1.82, 2.24) is 5.06 Å². The van der Waals surface area contributed by atoms with Gasteiger partial charge in [0.1, 0.15) is 6.73 Å². The van der Waals surface area contributed by atoms with Gasteiger partial charge in [-0.2, -0.15) is 5.06 Å². The highest BCUT2D eigenvalue weighted by atomic mass is 16.8. The van der Waals surface area contributed by atoms with Gasteiger partial charge in [0.05, 0.1) is 0 Å². The van der Waals surface area contributed by atoms with Gasteiger partial charge in [-0.15, -0.1) is 0 Å². The zero-order chi connectivity index (χ0) is 5.28. The molecule has 2 nitrogen and oxygen atoms in total. The average Bonchev–Trinajstić information content (AvgIpc) is 2.17. The lowest BCUT2D eigenvalue weighted by Crippen LogP contribution is -2.05. The summed E-state index contributed by atoms with van der Waals surface area (Å²) in [4.78, 5) is 4.85. The minimum atomic E-state index is 0.738. The Morgan fingerprint density at radius 2 is 2.29 bits per heavy atom. The van der Waals surface area contributed by atoms with Gasteiger partial charge in [-0.25, -0.2) is 0 Å². The molecule has 42 valence electrons. The van der Waals surface area contributed by atoms with E-state index in [1.165, 1.54) is 0 Å². The predicted octanol–water partition coefficient (Wildman–Crippen LogP) is 0.847. The van der Waals surface area contributed by atoms with E-state index in [1.54, 1.807) is 0 Å². The highest BCUT2D eigenvalue weighted by Gasteiger charge is 2.18.